The molecule has 0 spiro atoms. The summed E-state index contributed by atoms with van der Waals surface area (Å²) in [6.45, 7) is 5.32. The van der Waals surface area contributed by atoms with E-state index >= 15 is 0 Å². The van der Waals surface area contributed by atoms with Gasteiger partial charge in [-0.1, -0.05) is 0 Å². The molecule has 6 nitrogen and oxygen atoms in total. The van der Waals surface area contributed by atoms with E-state index in [9.17, 15) is 13.2 Å². The number of carbonyl (C=O) groups is 1. The van der Waals surface area contributed by atoms with Gasteiger partial charge in [-0.25, -0.2) is 17.9 Å². The van der Waals surface area contributed by atoms with Crippen molar-refractivity contribution in [3.8, 4) is 0 Å². The van der Waals surface area contributed by atoms with Crippen LogP contribution in [0, 0.1) is 13.8 Å². The number of carbonyl (C=O) groups excluding carboxylic acids is 1. The molecule has 1 aromatic rings. The highest BCUT2D eigenvalue weighted by atomic mass is 32.2. The van der Waals surface area contributed by atoms with Crippen LogP contribution in [0.1, 0.15) is 18.1 Å². The molecule has 0 aliphatic heterocycles. The van der Waals surface area contributed by atoms with Crippen LogP contribution in [-0.4, -0.2) is 21.0 Å². The second kappa shape index (κ2) is 5.26. The molecule has 18 heavy (non-hydrogen) atoms. The number of hydrogen-bond donors (Lipinski definition) is 3. The van der Waals surface area contributed by atoms with Gasteiger partial charge >= 0.3 is 6.03 Å². The van der Waals surface area contributed by atoms with Gasteiger partial charge in [0.05, 0.1) is 4.90 Å². The summed E-state index contributed by atoms with van der Waals surface area (Å²) in [5.74, 6) is 0. The molecule has 2 amide bonds. The van der Waals surface area contributed by atoms with E-state index in [-0.39, 0.29) is 4.90 Å². The third-order valence-electron chi connectivity index (χ3n) is 2.32. The van der Waals surface area contributed by atoms with E-state index in [4.69, 9.17) is 5.73 Å². The molecule has 4 N–H and O–H groups in total. The van der Waals surface area contributed by atoms with Crippen molar-refractivity contribution in [2.45, 2.75) is 25.7 Å². The average Bonchev–Trinajstić information content (AvgIpc) is 2.13. The van der Waals surface area contributed by atoms with Gasteiger partial charge in [-0.2, -0.15) is 0 Å². The molecular weight excluding hydrogens is 254 g/mol. The summed E-state index contributed by atoms with van der Waals surface area (Å²) in [6.07, 6.45) is 0. The van der Waals surface area contributed by atoms with Crippen molar-refractivity contribution >= 4 is 21.7 Å². The minimum Gasteiger partial charge on any atom is -0.399 e. The number of aryl methyl sites for hydroxylation is 2. The normalized spacial score (nSPS) is 11.1. The van der Waals surface area contributed by atoms with Crippen LogP contribution in [0.2, 0.25) is 0 Å². The maximum Gasteiger partial charge on any atom is 0.328 e. The fourth-order valence-electron chi connectivity index (χ4n) is 1.78. The van der Waals surface area contributed by atoms with E-state index in [1.165, 1.54) is 0 Å². The van der Waals surface area contributed by atoms with E-state index in [1.807, 2.05) is 4.72 Å². The second-order valence-electron chi connectivity index (χ2n) is 3.95. The Hall–Kier alpha value is -1.76. The summed E-state index contributed by atoms with van der Waals surface area (Å²) in [5.41, 5.74) is 7.12. The molecule has 1 aromatic carbocycles. The van der Waals surface area contributed by atoms with Crippen molar-refractivity contribution in [2.75, 3.05) is 12.3 Å². The number of urea groups is 1. The number of rotatable bonds is 3. The second-order valence-corrected chi connectivity index (χ2v) is 5.57. The predicted molar refractivity (Wildman–Crippen MR) is 69.7 cm³/mol. The van der Waals surface area contributed by atoms with Crippen molar-refractivity contribution < 1.29 is 13.2 Å². The summed E-state index contributed by atoms with van der Waals surface area (Å²) in [5, 5.41) is 2.37. The van der Waals surface area contributed by atoms with Crippen LogP contribution in [0.5, 0.6) is 0 Å². The smallest absolute Gasteiger partial charge is 0.328 e. The quantitative estimate of drug-likeness (QED) is 0.711. The van der Waals surface area contributed by atoms with Crippen LogP contribution in [0.15, 0.2) is 17.0 Å². The predicted octanol–water partition coefficient (Wildman–Crippen LogP) is 0.893. The molecule has 1 rings (SSSR count). The Balaban J connectivity index is 3.17. The van der Waals surface area contributed by atoms with Gasteiger partial charge in [0.15, 0.2) is 0 Å². The van der Waals surface area contributed by atoms with Crippen molar-refractivity contribution in [2.24, 2.45) is 0 Å². The number of sulfonamides is 1. The molecule has 0 fully saturated rings. The molecule has 0 saturated carbocycles. The standard InChI is InChI=1S/C11H17N3O3S/c1-4-13-11(15)14-18(16,17)10-7(2)5-9(12)6-8(10)3/h5-6H,4,12H2,1-3H3,(H2,13,14,15). The zero-order chi connectivity index (χ0) is 13.9. The number of amides is 2. The van der Waals surface area contributed by atoms with Crippen molar-refractivity contribution in [1.29, 1.82) is 0 Å². The van der Waals surface area contributed by atoms with Crippen LogP contribution in [-0.2, 0) is 10.0 Å². The lowest BCUT2D eigenvalue weighted by atomic mass is 10.1. The molecular formula is C11H17N3O3S. The number of anilines is 1. The molecule has 0 aromatic heterocycles. The minimum absolute atomic E-state index is 0.0861. The fraction of sp³-hybridized carbons (Fsp3) is 0.364. The topological polar surface area (TPSA) is 101 Å². The molecule has 0 heterocycles. The number of nitrogen functional groups attached to an aromatic ring is 1. The Labute approximate surface area is 107 Å². The lowest BCUT2D eigenvalue weighted by Gasteiger charge is -2.13. The van der Waals surface area contributed by atoms with E-state index < -0.39 is 16.1 Å². The molecule has 100 valence electrons. The summed E-state index contributed by atoms with van der Waals surface area (Å²) in [7, 11) is -3.88. The Morgan fingerprint density at radius 1 is 1.28 bits per heavy atom. The monoisotopic (exact) mass is 271 g/mol. The zero-order valence-corrected chi connectivity index (χ0v) is 11.4. The highest BCUT2D eigenvalue weighted by Crippen LogP contribution is 2.22. The number of nitrogens with two attached hydrogens (primary N) is 1. The van der Waals surface area contributed by atoms with Gasteiger partial charge in [0.1, 0.15) is 0 Å². The molecule has 0 bridgehead atoms. The average molecular weight is 271 g/mol. The Morgan fingerprint density at radius 3 is 2.22 bits per heavy atom. The van der Waals surface area contributed by atoms with Gasteiger partial charge in [0, 0.05) is 12.2 Å². The van der Waals surface area contributed by atoms with Crippen molar-refractivity contribution in [3.63, 3.8) is 0 Å². The number of benzene rings is 1. The summed E-state index contributed by atoms with van der Waals surface area (Å²) < 4.78 is 26.1. The number of hydrogen-bond acceptors (Lipinski definition) is 4. The lowest BCUT2D eigenvalue weighted by molar-refractivity contribution is 0.246. The maximum absolute atomic E-state index is 12.1. The summed E-state index contributed by atoms with van der Waals surface area (Å²) in [4.78, 5) is 11.4. The van der Waals surface area contributed by atoms with E-state index in [2.05, 4.69) is 5.32 Å². The van der Waals surface area contributed by atoms with Crippen LogP contribution < -0.4 is 15.8 Å². The van der Waals surface area contributed by atoms with Crippen molar-refractivity contribution in [3.05, 3.63) is 23.3 Å². The molecule has 0 radical (unpaired) electrons. The van der Waals surface area contributed by atoms with E-state index in [0.717, 1.165) is 0 Å². The largest absolute Gasteiger partial charge is 0.399 e. The summed E-state index contributed by atoms with van der Waals surface area (Å²) >= 11 is 0. The number of nitrogens with one attached hydrogen (secondary N) is 2. The Morgan fingerprint density at radius 2 is 1.78 bits per heavy atom. The molecule has 0 saturated heterocycles. The molecule has 0 unspecified atom stereocenters. The molecule has 0 aliphatic rings. The van der Waals surface area contributed by atoms with Gasteiger partial charge < -0.3 is 11.1 Å². The Kier molecular flexibility index (Phi) is 4.18. The van der Waals surface area contributed by atoms with Gasteiger partial charge in [-0.15, -0.1) is 0 Å². The van der Waals surface area contributed by atoms with Gasteiger partial charge in [0.25, 0.3) is 10.0 Å². The third kappa shape index (κ3) is 3.13. The van der Waals surface area contributed by atoms with Crippen LogP contribution in [0.4, 0.5) is 10.5 Å². The van der Waals surface area contributed by atoms with Gasteiger partial charge in [-0.05, 0) is 44.0 Å². The van der Waals surface area contributed by atoms with Crippen LogP contribution >= 0.6 is 0 Å². The first-order valence-electron chi connectivity index (χ1n) is 5.45. The summed E-state index contributed by atoms with van der Waals surface area (Å²) in [6, 6.07) is 2.37. The first kappa shape index (κ1) is 14.3. The maximum atomic E-state index is 12.1. The Bertz CT molecular complexity index is 544. The van der Waals surface area contributed by atoms with E-state index in [0.29, 0.717) is 23.4 Å². The first-order valence-corrected chi connectivity index (χ1v) is 6.93. The third-order valence-corrected chi connectivity index (χ3v) is 3.95. The van der Waals surface area contributed by atoms with E-state index in [1.54, 1.807) is 32.9 Å². The minimum atomic E-state index is -3.88. The molecule has 0 aliphatic carbocycles. The van der Waals surface area contributed by atoms with Crippen molar-refractivity contribution in [1.82, 2.24) is 10.0 Å². The van der Waals surface area contributed by atoms with Gasteiger partial charge in [-0.3, -0.25) is 0 Å². The lowest BCUT2D eigenvalue weighted by Crippen LogP contribution is -2.39. The highest BCUT2D eigenvalue weighted by molar-refractivity contribution is 7.90. The zero-order valence-electron chi connectivity index (χ0n) is 10.6. The fourth-order valence-corrected chi connectivity index (χ4v) is 3.16. The van der Waals surface area contributed by atoms with Crippen LogP contribution in [0.25, 0.3) is 0 Å². The SMILES string of the molecule is CCNC(=O)NS(=O)(=O)c1c(C)cc(N)cc1C. The van der Waals surface area contributed by atoms with Crippen LogP contribution in [0.3, 0.4) is 0 Å². The molecule has 0 atom stereocenters. The first-order chi connectivity index (χ1) is 8.27. The highest BCUT2D eigenvalue weighted by Gasteiger charge is 2.22. The molecule has 7 heteroatoms. The van der Waals surface area contributed by atoms with Gasteiger partial charge in [0.2, 0.25) is 0 Å².